The molecule has 1 aliphatic heterocycles. The number of rotatable bonds is 4. The van der Waals surface area contributed by atoms with E-state index >= 15 is 0 Å². The van der Waals surface area contributed by atoms with Crippen molar-refractivity contribution in [3.05, 3.63) is 58.9 Å². The lowest BCUT2D eigenvalue weighted by atomic mass is 9.97. The Labute approximate surface area is 138 Å². The molecule has 0 N–H and O–H groups in total. The molecule has 7 nitrogen and oxygen atoms in total. The van der Waals surface area contributed by atoms with Crippen LogP contribution in [-0.2, 0) is 28.5 Å². The molecule has 1 aliphatic rings. The van der Waals surface area contributed by atoms with Gasteiger partial charge in [0.2, 0.25) is 0 Å². The second-order valence-corrected chi connectivity index (χ2v) is 4.79. The van der Waals surface area contributed by atoms with Gasteiger partial charge in [0.25, 0.3) is 0 Å². The number of carbonyl (C=O) groups excluding carboxylic acids is 3. The molecule has 0 saturated carbocycles. The van der Waals surface area contributed by atoms with Crippen molar-refractivity contribution in [2.45, 2.75) is 6.10 Å². The summed E-state index contributed by atoms with van der Waals surface area (Å²) in [6.45, 7) is 0. The fourth-order valence-corrected chi connectivity index (χ4v) is 2.17. The van der Waals surface area contributed by atoms with E-state index in [2.05, 4.69) is 9.47 Å². The quantitative estimate of drug-likeness (QED) is 0.612. The molecule has 0 aromatic heterocycles. The Morgan fingerprint density at radius 3 is 2.00 bits per heavy atom. The van der Waals surface area contributed by atoms with Gasteiger partial charge in [-0.05, 0) is 23.8 Å². The SMILES string of the molecule is COC(=O)C1=COC(c2ccc(C(=O)OC)cc2)C(C(=O)OC)=C1. The normalized spacial score (nSPS) is 16.2. The standard InChI is InChI=1S/C17H16O7/c1-21-15(18)11-6-4-10(5-7-11)14-13(17(20)23-3)8-12(9-24-14)16(19)22-2/h4-9,14H,1-3H3. The van der Waals surface area contributed by atoms with Crippen LogP contribution in [0.15, 0.2) is 47.7 Å². The molecular formula is C17H16O7. The fraction of sp³-hybridized carbons (Fsp3) is 0.235. The van der Waals surface area contributed by atoms with Gasteiger partial charge in [0, 0.05) is 0 Å². The maximum Gasteiger partial charge on any atom is 0.341 e. The second-order valence-electron chi connectivity index (χ2n) is 4.79. The Bertz CT molecular complexity index is 713. The molecule has 24 heavy (non-hydrogen) atoms. The van der Waals surface area contributed by atoms with Crippen LogP contribution in [0.1, 0.15) is 22.0 Å². The summed E-state index contributed by atoms with van der Waals surface area (Å²) in [6, 6.07) is 6.37. The van der Waals surface area contributed by atoms with E-state index in [1.54, 1.807) is 24.3 Å². The van der Waals surface area contributed by atoms with E-state index in [0.717, 1.165) is 0 Å². The van der Waals surface area contributed by atoms with E-state index in [4.69, 9.17) is 9.47 Å². The summed E-state index contributed by atoms with van der Waals surface area (Å²) < 4.78 is 19.5. The molecule has 1 heterocycles. The van der Waals surface area contributed by atoms with Crippen LogP contribution in [0.25, 0.3) is 0 Å². The molecule has 7 heteroatoms. The zero-order chi connectivity index (χ0) is 17.7. The Morgan fingerprint density at radius 2 is 1.46 bits per heavy atom. The first-order valence-electron chi connectivity index (χ1n) is 6.94. The maximum atomic E-state index is 12.0. The van der Waals surface area contributed by atoms with Crippen molar-refractivity contribution < 1.29 is 33.3 Å². The fourth-order valence-electron chi connectivity index (χ4n) is 2.17. The average molecular weight is 332 g/mol. The molecule has 0 fully saturated rings. The van der Waals surface area contributed by atoms with E-state index in [9.17, 15) is 14.4 Å². The van der Waals surface area contributed by atoms with E-state index in [1.165, 1.54) is 33.7 Å². The Hall–Kier alpha value is -3.09. The molecule has 0 aliphatic carbocycles. The van der Waals surface area contributed by atoms with Crippen LogP contribution in [-0.4, -0.2) is 39.2 Å². The van der Waals surface area contributed by atoms with E-state index in [0.29, 0.717) is 11.1 Å². The zero-order valence-corrected chi connectivity index (χ0v) is 13.4. The van der Waals surface area contributed by atoms with E-state index in [1.807, 2.05) is 0 Å². The van der Waals surface area contributed by atoms with Crippen molar-refractivity contribution in [2.24, 2.45) is 0 Å². The first-order chi connectivity index (χ1) is 11.5. The summed E-state index contributed by atoms with van der Waals surface area (Å²) in [4.78, 5) is 35.1. The van der Waals surface area contributed by atoms with Crippen LogP contribution in [0, 0.1) is 0 Å². The maximum absolute atomic E-state index is 12.0. The summed E-state index contributed by atoms with van der Waals surface area (Å²) in [7, 11) is 3.75. The highest BCUT2D eigenvalue weighted by atomic mass is 16.5. The molecule has 0 radical (unpaired) electrons. The molecular weight excluding hydrogens is 316 g/mol. The first-order valence-corrected chi connectivity index (χ1v) is 6.94. The number of hydrogen-bond donors (Lipinski definition) is 0. The molecule has 0 spiro atoms. The van der Waals surface area contributed by atoms with Crippen LogP contribution in [0.4, 0.5) is 0 Å². The lowest BCUT2D eigenvalue weighted by molar-refractivity contribution is -0.137. The van der Waals surface area contributed by atoms with Gasteiger partial charge in [-0.25, -0.2) is 14.4 Å². The molecule has 0 amide bonds. The molecule has 0 bridgehead atoms. The Balaban J connectivity index is 2.34. The number of benzene rings is 1. The van der Waals surface area contributed by atoms with E-state index < -0.39 is 24.0 Å². The summed E-state index contributed by atoms with van der Waals surface area (Å²) >= 11 is 0. The summed E-state index contributed by atoms with van der Waals surface area (Å²) in [5, 5.41) is 0. The number of hydrogen-bond acceptors (Lipinski definition) is 7. The number of methoxy groups -OCH3 is 3. The van der Waals surface area contributed by atoms with E-state index in [-0.39, 0.29) is 11.1 Å². The van der Waals surface area contributed by atoms with Crippen LogP contribution in [0.2, 0.25) is 0 Å². The van der Waals surface area contributed by atoms with Gasteiger partial charge < -0.3 is 18.9 Å². The predicted molar refractivity (Wildman–Crippen MR) is 81.8 cm³/mol. The summed E-state index contributed by atoms with van der Waals surface area (Å²) in [6.07, 6.45) is 1.81. The van der Waals surface area contributed by atoms with Gasteiger partial charge in [-0.2, -0.15) is 0 Å². The van der Waals surface area contributed by atoms with Crippen LogP contribution < -0.4 is 0 Å². The van der Waals surface area contributed by atoms with Crippen molar-refractivity contribution in [1.82, 2.24) is 0 Å². The van der Waals surface area contributed by atoms with Gasteiger partial charge in [-0.1, -0.05) is 12.1 Å². The number of ether oxygens (including phenoxy) is 4. The summed E-state index contributed by atoms with van der Waals surface area (Å²) in [5.41, 5.74) is 1.22. The molecule has 126 valence electrons. The highest BCUT2D eigenvalue weighted by Crippen LogP contribution is 2.32. The lowest BCUT2D eigenvalue weighted by Gasteiger charge is -2.23. The number of esters is 3. The van der Waals surface area contributed by atoms with Gasteiger partial charge >= 0.3 is 17.9 Å². The molecule has 1 unspecified atom stereocenters. The van der Waals surface area contributed by atoms with Crippen molar-refractivity contribution in [1.29, 1.82) is 0 Å². The third-order valence-corrected chi connectivity index (χ3v) is 3.40. The predicted octanol–water partition coefficient (Wildman–Crippen LogP) is 1.70. The minimum Gasteiger partial charge on any atom is -0.487 e. The smallest absolute Gasteiger partial charge is 0.341 e. The minimum absolute atomic E-state index is 0.0975. The highest BCUT2D eigenvalue weighted by molar-refractivity contribution is 5.97. The zero-order valence-electron chi connectivity index (χ0n) is 13.4. The van der Waals surface area contributed by atoms with Gasteiger partial charge in [-0.3, -0.25) is 0 Å². The topological polar surface area (TPSA) is 88.1 Å². The largest absolute Gasteiger partial charge is 0.487 e. The van der Waals surface area contributed by atoms with Gasteiger partial charge in [0.15, 0.2) is 6.10 Å². The van der Waals surface area contributed by atoms with Crippen molar-refractivity contribution in [3.8, 4) is 0 Å². The van der Waals surface area contributed by atoms with Crippen molar-refractivity contribution in [3.63, 3.8) is 0 Å². The van der Waals surface area contributed by atoms with Crippen LogP contribution in [0.3, 0.4) is 0 Å². The third kappa shape index (κ3) is 3.45. The number of carbonyl (C=O) groups is 3. The third-order valence-electron chi connectivity index (χ3n) is 3.40. The second kappa shape index (κ2) is 7.45. The molecule has 2 rings (SSSR count). The highest BCUT2D eigenvalue weighted by Gasteiger charge is 2.29. The Kier molecular flexibility index (Phi) is 5.36. The molecule has 1 aromatic carbocycles. The summed E-state index contributed by atoms with van der Waals surface area (Å²) in [5.74, 6) is -1.73. The van der Waals surface area contributed by atoms with Gasteiger partial charge in [0.05, 0.1) is 44.3 Å². The van der Waals surface area contributed by atoms with Crippen molar-refractivity contribution >= 4 is 17.9 Å². The van der Waals surface area contributed by atoms with Crippen molar-refractivity contribution in [2.75, 3.05) is 21.3 Å². The monoisotopic (exact) mass is 332 g/mol. The first kappa shape index (κ1) is 17.3. The molecule has 0 saturated heterocycles. The molecule has 1 atom stereocenters. The Morgan fingerprint density at radius 1 is 0.875 bits per heavy atom. The van der Waals surface area contributed by atoms with Crippen LogP contribution in [0.5, 0.6) is 0 Å². The van der Waals surface area contributed by atoms with Gasteiger partial charge in [0.1, 0.15) is 0 Å². The minimum atomic E-state index is -0.766. The lowest BCUT2D eigenvalue weighted by Crippen LogP contribution is -2.20. The average Bonchev–Trinajstić information content (AvgIpc) is 2.65. The van der Waals surface area contributed by atoms with Crippen LogP contribution >= 0.6 is 0 Å². The molecule has 1 aromatic rings. The van der Waals surface area contributed by atoms with Gasteiger partial charge in [-0.15, -0.1) is 0 Å².